The maximum Gasteiger partial charge on any atom is 0.258 e. The molecule has 0 radical (unpaired) electrons. The predicted molar refractivity (Wildman–Crippen MR) is 103 cm³/mol. The van der Waals surface area contributed by atoms with Crippen LogP contribution in [-0.2, 0) is 4.79 Å². The van der Waals surface area contributed by atoms with Crippen molar-refractivity contribution in [3.63, 3.8) is 0 Å². The quantitative estimate of drug-likeness (QED) is 0.678. The summed E-state index contributed by atoms with van der Waals surface area (Å²) in [6, 6.07) is 13.3. The van der Waals surface area contributed by atoms with Crippen LogP contribution < -0.4 is 19.5 Å². The molecule has 0 bridgehead atoms. The summed E-state index contributed by atoms with van der Waals surface area (Å²) < 4.78 is 17.8. The normalized spacial score (nSPS) is 13.8. The van der Waals surface area contributed by atoms with Crippen LogP contribution in [0.3, 0.4) is 0 Å². The van der Waals surface area contributed by atoms with Crippen LogP contribution in [0.1, 0.15) is 24.9 Å². The second kappa shape index (κ2) is 8.42. The van der Waals surface area contributed by atoms with Crippen LogP contribution in [0.2, 0.25) is 0 Å². The van der Waals surface area contributed by atoms with Gasteiger partial charge in [-0.25, -0.2) is 0 Å². The summed E-state index contributed by atoms with van der Waals surface area (Å²) in [6.45, 7) is 3.13. The van der Waals surface area contributed by atoms with Gasteiger partial charge in [-0.3, -0.25) is 4.79 Å². The van der Waals surface area contributed by atoms with Gasteiger partial charge in [0.25, 0.3) is 5.91 Å². The number of benzene rings is 2. The van der Waals surface area contributed by atoms with Crippen molar-refractivity contribution in [2.24, 2.45) is 0 Å². The van der Waals surface area contributed by atoms with Crippen LogP contribution in [0, 0.1) is 3.57 Å². The van der Waals surface area contributed by atoms with E-state index in [0.29, 0.717) is 19.0 Å². The molecule has 132 valence electrons. The van der Waals surface area contributed by atoms with Crippen molar-refractivity contribution >= 4 is 28.5 Å². The monoisotopic (exact) mass is 453 g/mol. The molecule has 0 aliphatic carbocycles. The fourth-order valence-corrected chi connectivity index (χ4v) is 2.97. The highest BCUT2D eigenvalue weighted by molar-refractivity contribution is 14.1. The van der Waals surface area contributed by atoms with E-state index < -0.39 is 0 Å². The average molecular weight is 453 g/mol. The van der Waals surface area contributed by atoms with Crippen molar-refractivity contribution in [1.82, 2.24) is 5.32 Å². The largest absolute Gasteiger partial charge is 0.486 e. The minimum atomic E-state index is -0.153. The minimum absolute atomic E-state index is 0.0123. The summed E-state index contributed by atoms with van der Waals surface area (Å²) in [4.78, 5) is 12.2. The van der Waals surface area contributed by atoms with E-state index in [2.05, 4.69) is 27.9 Å². The molecule has 0 fully saturated rings. The fourth-order valence-electron chi connectivity index (χ4n) is 2.61. The van der Waals surface area contributed by atoms with Gasteiger partial charge in [0, 0.05) is 3.57 Å². The lowest BCUT2D eigenvalue weighted by Crippen LogP contribution is -2.32. The molecule has 5 nitrogen and oxygen atoms in total. The molecule has 0 aromatic heterocycles. The third-order valence-corrected chi connectivity index (χ3v) is 4.61. The molecule has 0 saturated carbocycles. The second-order valence-corrected chi connectivity index (χ2v) is 6.92. The molecule has 1 aliphatic heterocycles. The van der Waals surface area contributed by atoms with Gasteiger partial charge < -0.3 is 19.5 Å². The number of carbonyl (C=O) groups is 1. The Kier molecular flexibility index (Phi) is 6.01. The predicted octanol–water partition coefficient (Wildman–Crippen LogP) is 3.71. The summed E-state index contributed by atoms with van der Waals surface area (Å²) >= 11 is 2.23. The standard InChI is InChI=1S/C19H20INO4/c1-2-16(13-3-8-17-18(11-13)24-10-9-23-17)21-19(22)12-25-15-6-4-14(20)5-7-15/h3-8,11,16H,2,9-10,12H2,1H3,(H,21,22). The van der Waals surface area contributed by atoms with Crippen LogP contribution in [0.4, 0.5) is 0 Å². The molecule has 1 amide bonds. The van der Waals surface area contributed by atoms with Crippen LogP contribution in [0.5, 0.6) is 17.2 Å². The summed E-state index contributed by atoms with van der Waals surface area (Å²) in [6.07, 6.45) is 0.773. The van der Waals surface area contributed by atoms with Gasteiger partial charge in [0.05, 0.1) is 6.04 Å². The summed E-state index contributed by atoms with van der Waals surface area (Å²) in [5.74, 6) is 2.01. The molecule has 0 spiro atoms. The Morgan fingerprint density at radius 2 is 1.88 bits per heavy atom. The third-order valence-electron chi connectivity index (χ3n) is 3.90. The van der Waals surface area contributed by atoms with Crippen molar-refractivity contribution in [2.75, 3.05) is 19.8 Å². The summed E-state index contributed by atoms with van der Waals surface area (Å²) in [5.41, 5.74) is 0.995. The Bertz CT molecular complexity index is 733. The molecule has 3 rings (SSSR count). The highest BCUT2D eigenvalue weighted by atomic mass is 127. The van der Waals surface area contributed by atoms with Gasteiger partial charge in [0.15, 0.2) is 18.1 Å². The molecule has 1 atom stereocenters. The Morgan fingerprint density at radius 1 is 1.16 bits per heavy atom. The van der Waals surface area contributed by atoms with Gasteiger partial charge in [-0.2, -0.15) is 0 Å². The maximum atomic E-state index is 12.2. The van der Waals surface area contributed by atoms with Crippen molar-refractivity contribution in [3.05, 3.63) is 51.6 Å². The SMILES string of the molecule is CCC(NC(=O)COc1ccc(I)cc1)c1ccc2c(c1)OCCO2. The molecule has 6 heteroatoms. The molecule has 1 unspecified atom stereocenters. The minimum Gasteiger partial charge on any atom is -0.486 e. The van der Waals surface area contributed by atoms with Crippen LogP contribution >= 0.6 is 22.6 Å². The topological polar surface area (TPSA) is 56.8 Å². The number of nitrogens with one attached hydrogen (secondary N) is 1. The highest BCUT2D eigenvalue weighted by Crippen LogP contribution is 2.33. The zero-order valence-electron chi connectivity index (χ0n) is 14.0. The lowest BCUT2D eigenvalue weighted by molar-refractivity contribution is -0.123. The van der Waals surface area contributed by atoms with Gasteiger partial charge in [-0.05, 0) is 71.0 Å². The van der Waals surface area contributed by atoms with Gasteiger partial charge in [-0.1, -0.05) is 13.0 Å². The summed E-state index contributed by atoms with van der Waals surface area (Å²) in [5, 5.41) is 3.01. The molecule has 1 N–H and O–H groups in total. The number of fused-ring (bicyclic) bond motifs is 1. The van der Waals surface area contributed by atoms with Crippen LogP contribution in [0.15, 0.2) is 42.5 Å². The smallest absolute Gasteiger partial charge is 0.258 e. The van der Waals surface area contributed by atoms with Crippen molar-refractivity contribution < 1.29 is 19.0 Å². The lowest BCUT2D eigenvalue weighted by atomic mass is 10.0. The van der Waals surface area contributed by atoms with E-state index in [9.17, 15) is 4.79 Å². The lowest BCUT2D eigenvalue weighted by Gasteiger charge is -2.22. The fraction of sp³-hybridized carbons (Fsp3) is 0.316. The molecule has 2 aromatic rings. The molecule has 1 aliphatic rings. The Balaban J connectivity index is 1.59. The number of ether oxygens (including phenoxy) is 3. The summed E-state index contributed by atoms with van der Waals surface area (Å²) in [7, 11) is 0. The van der Waals surface area contributed by atoms with E-state index in [-0.39, 0.29) is 18.6 Å². The number of rotatable bonds is 6. The van der Waals surface area contributed by atoms with Crippen LogP contribution in [-0.4, -0.2) is 25.7 Å². The second-order valence-electron chi connectivity index (χ2n) is 5.67. The number of carbonyl (C=O) groups excluding carboxylic acids is 1. The van der Waals surface area contributed by atoms with Gasteiger partial charge >= 0.3 is 0 Å². The van der Waals surface area contributed by atoms with Gasteiger partial charge in [-0.15, -0.1) is 0 Å². The Hall–Kier alpha value is -1.96. The van der Waals surface area contributed by atoms with E-state index in [0.717, 1.165) is 27.1 Å². The van der Waals surface area contributed by atoms with E-state index >= 15 is 0 Å². The molecule has 2 aromatic carbocycles. The van der Waals surface area contributed by atoms with Gasteiger partial charge in [0.2, 0.25) is 0 Å². The average Bonchev–Trinajstić information content (AvgIpc) is 2.65. The zero-order chi connectivity index (χ0) is 17.6. The molecular formula is C19H20INO4. The number of amides is 1. The van der Waals surface area contributed by atoms with E-state index in [1.165, 1.54) is 0 Å². The first-order valence-electron chi connectivity index (χ1n) is 8.23. The number of hydrogen-bond acceptors (Lipinski definition) is 4. The molecule has 1 heterocycles. The van der Waals surface area contributed by atoms with Crippen molar-refractivity contribution in [2.45, 2.75) is 19.4 Å². The first-order valence-corrected chi connectivity index (χ1v) is 9.31. The molecule has 25 heavy (non-hydrogen) atoms. The van der Waals surface area contributed by atoms with E-state index in [1.54, 1.807) is 0 Å². The number of halogens is 1. The first kappa shape index (κ1) is 17.8. The first-order chi connectivity index (χ1) is 12.2. The maximum absolute atomic E-state index is 12.2. The van der Waals surface area contributed by atoms with E-state index in [1.807, 2.05) is 49.4 Å². The van der Waals surface area contributed by atoms with Crippen molar-refractivity contribution in [1.29, 1.82) is 0 Å². The zero-order valence-corrected chi connectivity index (χ0v) is 16.1. The highest BCUT2D eigenvalue weighted by Gasteiger charge is 2.17. The Labute approximate surface area is 160 Å². The number of hydrogen-bond donors (Lipinski definition) is 1. The van der Waals surface area contributed by atoms with Crippen molar-refractivity contribution in [3.8, 4) is 17.2 Å². The van der Waals surface area contributed by atoms with E-state index in [4.69, 9.17) is 14.2 Å². The van der Waals surface area contributed by atoms with Gasteiger partial charge in [0.1, 0.15) is 19.0 Å². The molecular weight excluding hydrogens is 433 g/mol. The van der Waals surface area contributed by atoms with Crippen LogP contribution in [0.25, 0.3) is 0 Å². The molecule has 0 saturated heterocycles. The Morgan fingerprint density at radius 3 is 2.60 bits per heavy atom. The third kappa shape index (κ3) is 4.78.